The number of oxime groups is 1. The Morgan fingerprint density at radius 3 is 2.79 bits per heavy atom. The molecule has 1 saturated carbocycles. The topological polar surface area (TPSA) is 41.9 Å². The number of amides is 1. The Hall–Kier alpha value is -1.84. The number of carbonyl (C=O) groups excluding carboxylic acids is 1. The van der Waals surface area contributed by atoms with Gasteiger partial charge in [0.05, 0.1) is 12.3 Å². The Morgan fingerprint density at radius 1 is 1.37 bits per heavy atom. The van der Waals surface area contributed by atoms with Crippen molar-refractivity contribution in [2.75, 3.05) is 13.6 Å². The van der Waals surface area contributed by atoms with E-state index in [4.69, 9.17) is 4.84 Å². The summed E-state index contributed by atoms with van der Waals surface area (Å²) in [6.07, 6.45) is 2.84. The van der Waals surface area contributed by atoms with Crippen molar-refractivity contribution in [3.63, 3.8) is 0 Å². The second kappa shape index (κ2) is 5.03. The Bertz CT molecular complexity index is 494. The third-order valence-corrected chi connectivity index (χ3v) is 3.62. The fraction of sp³-hybridized carbons (Fsp3) is 0.467. The van der Waals surface area contributed by atoms with Crippen molar-refractivity contribution >= 4 is 11.6 Å². The summed E-state index contributed by atoms with van der Waals surface area (Å²) in [6, 6.07) is 10.0. The molecule has 1 aromatic carbocycles. The Balaban J connectivity index is 1.55. The van der Waals surface area contributed by atoms with Gasteiger partial charge < -0.3 is 9.74 Å². The Labute approximate surface area is 113 Å². The van der Waals surface area contributed by atoms with E-state index >= 15 is 0 Å². The van der Waals surface area contributed by atoms with Crippen LogP contribution in [0.5, 0.6) is 0 Å². The zero-order chi connectivity index (χ0) is 13.2. The van der Waals surface area contributed by atoms with Gasteiger partial charge in [-0.1, -0.05) is 35.5 Å². The highest BCUT2D eigenvalue weighted by Gasteiger charge is 2.34. The number of nitrogens with zero attached hydrogens (tertiary/aromatic N) is 2. The molecule has 4 nitrogen and oxygen atoms in total. The lowest BCUT2D eigenvalue weighted by atomic mass is 10.0. The number of hydrogen-bond donors (Lipinski definition) is 0. The van der Waals surface area contributed by atoms with Crippen LogP contribution < -0.4 is 0 Å². The maximum Gasteiger partial charge on any atom is 0.225 e. The summed E-state index contributed by atoms with van der Waals surface area (Å²) >= 11 is 0. The first-order valence-electron chi connectivity index (χ1n) is 6.77. The second-order valence-corrected chi connectivity index (χ2v) is 5.33. The molecule has 19 heavy (non-hydrogen) atoms. The summed E-state index contributed by atoms with van der Waals surface area (Å²) in [6.45, 7) is 0.620. The van der Waals surface area contributed by atoms with Gasteiger partial charge in [0, 0.05) is 19.4 Å². The average Bonchev–Trinajstić information content (AvgIpc) is 3.19. The van der Waals surface area contributed by atoms with Gasteiger partial charge in [-0.25, -0.2) is 0 Å². The summed E-state index contributed by atoms with van der Waals surface area (Å²) in [4.78, 5) is 19.1. The molecule has 100 valence electrons. The Morgan fingerprint density at radius 2 is 2.11 bits per heavy atom. The van der Waals surface area contributed by atoms with Crippen LogP contribution in [0.15, 0.2) is 35.5 Å². The molecule has 1 aliphatic heterocycles. The van der Waals surface area contributed by atoms with Crippen LogP contribution in [0.25, 0.3) is 0 Å². The number of benzene rings is 1. The first-order chi connectivity index (χ1) is 9.24. The van der Waals surface area contributed by atoms with Crippen molar-refractivity contribution in [1.29, 1.82) is 0 Å². The summed E-state index contributed by atoms with van der Waals surface area (Å²) in [5.41, 5.74) is 2.07. The summed E-state index contributed by atoms with van der Waals surface area (Å²) in [5.74, 6) is 0.512. The highest BCUT2D eigenvalue weighted by atomic mass is 16.6. The van der Waals surface area contributed by atoms with Crippen LogP contribution in [0.2, 0.25) is 0 Å². The first kappa shape index (κ1) is 12.2. The molecule has 0 spiro atoms. The average molecular weight is 258 g/mol. The second-order valence-electron chi connectivity index (χ2n) is 5.33. The molecule has 1 aliphatic carbocycles. The lowest BCUT2D eigenvalue weighted by Gasteiger charge is -2.19. The molecular formula is C15H18N2O2. The van der Waals surface area contributed by atoms with Crippen LogP contribution in [-0.4, -0.2) is 36.2 Å². The maximum atomic E-state index is 11.9. The SMILES string of the molecule is CN(C[C@H]1CC(c2ccccc2)=NO1)C(=O)C1CC1. The predicted octanol–water partition coefficient (Wildman–Crippen LogP) is 2.05. The normalized spacial score (nSPS) is 21.7. The molecule has 0 N–H and O–H groups in total. The zero-order valence-electron chi connectivity index (χ0n) is 11.1. The van der Waals surface area contributed by atoms with Gasteiger partial charge in [0.25, 0.3) is 0 Å². The molecule has 0 bridgehead atoms. The lowest BCUT2D eigenvalue weighted by molar-refractivity contribution is -0.132. The van der Waals surface area contributed by atoms with Gasteiger partial charge >= 0.3 is 0 Å². The van der Waals surface area contributed by atoms with E-state index < -0.39 is 0 Å². The van der Waals surface area contributed by atoms with E-state index in [-0.39, 0.29) is 17.9 Å². The molecule has 0 aromatic heterocycles. The largest absolute Gasteiger partial charge is 0.390 e. The zero-order valence-corrected chi connectivity index (χ0v) is 11.1. The molecule has 1 heterocycles. The number of carbonyl (C=O) groups is 1. The molecule has 0 saturated heterocycles. The third kappa shape index (κ3) is 2.78. The predicted molar refractivity (Wildman–Crippen MR) is 72.8 cm³/mol. The Kier molecular flexibility index (Phi) is 3.23. The lowest BCUT2D eigenvalue weighted by Crippen LogP contribution is -2.35. The fourth-order valence-electron chi connectivity index (χ4n) is 2.36. The molecule has 1 atom stereocenters. The highest BCUT2D eigenvalue weighted by molar-refractivity contribution is 6.01. The number of hydrogen-bond acceptors (Lipinski definition) is 3. The van der Waals surface area contributed by atoms with Gasteiger partial charge in [0.1, 0.15) is 0 Å². The van der Waals surface area contributed by atoms with Gasteiger partial charge in [0.15, 0.2) is 6.10 Å². The first-order valence-corrected chi connectivity index (χ1v) is 6.77. The summed E-state index contributed by atoms with van der Waals surface area (Å²) in [5, 5.41) is 4.14. The molecule has 0 radical (unpaired) electrons. The minimum Gasteiger partial charge on any atom is -0.390 e. The molecule has 1 fully saturated rings. The van der Waals surface area contributed by atoms with Crippen molar-refractivity contribution in [3.8, 4) is 0 Å². The van der Waals surface area contributed by atoms with E-state index in [1.807, 2.05) is 37.4 Å². The van der Waals surface area contributed by atoms with Gasteiger partial charge in [-0.15, -0.1) is 0 Å². The standard InChI is InChI=1S/C15H18N2O2/c1-17(15(18)12-7-8-12)10-13-9-14(16-19-13)11-5-3-2-4-6-11/h2-6,12-13H,7-10H2,1H3/t13-/m1/s1. The molecule has 4 heteroatoms. The van der Waals surface area contributed by atoms with Gasteiger partial charge in [0.2, 0.25) is 5.91 Å². The number of likely N-dealkylation sites (N-methyl/N-ethyl adjacent to an activating group) is 1. The van der Waals surface area contributed by atoms with Gasteiger partial charge in [-0.05, 0) is 18.4 Å². The maximum absolute atomic E-state index is 11.9. The van der Waals surface area contributed by atoms with Crippen molar-refractivity contribution in [1.82, 2.24) is 4.90 Å². The molecule has 0 unspecified atom stereocenters. The molecular weight excluding hydrogens is 240 g/mol. The molecule has 1 aromatic rings. The van der Waals surface area contributed by atoms with E-state index in [9.17, 15) is 4.79 Å². The molecule has 2 aliphatic rings. The minimum atomic E-state index is -0.0112. The van der Waals surface area contributed by atoms with Crippen LogP contribution in [0.4, 0.5) is 0 Å². The number of rotatable bonds is 4. The fourth-order valence-corrected chi connectivity index (χ4v) is 2.36. The van der Waals surface area contributed by atoms with E-state index in [1.165, 1.54) is 0 Å². The van der Waals surface area contributed by atoms with E-state index in [1.54, 1.807) is 4.90 Å². The van der Waals surface area contributed by atoms with E-state index in [2.05, 4.69) is 5.16 Å². The van der Waals surface area contributed by atoms with Crippen molar-refractivity contribution in [2.24, 2.45) is 11.1 Å². The van der Waals surface area contributed by atoms with Crippen LogP contribution in [0.1, 0.15) is 24.8 Å². The molecule has 3 rings (SSSR count). The van der Waals surface area contributed by atoms with E-state index in [0.717, 1.165) is 30.5 Å². The van der Waals surface area contributed by atoms with Crippen molar-refractivity contribution < 1.29 is 9.63 Å². The third-order valence-electron chi connectivity index (χ3n) is 3.62. The van der Waals surface area contributed by atoms with Crippen molar-refractivity contribution in [2.45, 2.75) is 25.4 Å². The van der Waals surface area contributed by atoms with Gasteiger partial charge in [-0.2, -0.15) is 0 Å². The highest BCUT2D eigenvalue weighted by Crippen LogP contribution is 2.31. The molecule has 1 amide bonds. The van der Waals surface area contributed by atoms with Crippen LogP contribution in [0.3, 0.4) is 0 Å². The monoisotopic (exact) mass is 258 g/mol. The van der Waals surface area contributed by atoms with Crippen LogP contribution >= 0.6 is 0 Å². The van der Waals surface area contributed by atoms with Crippen LogP contribution in [0, 0.1) is 5.92 Å². The van der Waals surface area contributed by atoms with Gasteiger partial charge in [-0.3, -0.25) is 4.79 Å². The quantitative estimate of drug-likeness (QED) is 0.829. The van der Waals surface area contributed by atoms with Crippen molar-refractivity contribution in [3.05, 3.63) is 35.9 Å². The minimum absolute atomic E-state index is 0.0112. The smallest absolute Gasteiger partial charge is 0.225 e. The van der Waals surface area contributed by atoms with Crippen LogP contribution in [-0.2, 0) is 9.63 Å². The van der Waals surface area contributed by atoms with E-state index in [0.29, 0.717) is 6.54 Å². The summed E-state index contributed by atoms with van der Waals surface area (Å²) in [7, 11) is 1.85. The summed E-state index contributed by atoms with van der Waals surface area (Å²) < 4.78 is 0.